The van der Waals surface area contributed by atoms with Crippen LogP contribution in [0.4, 0.5) is 0 Å². The summed E-state index contributed by atoms with van der Waals surface area (Å²) in [7, 11) is 0. The van der Waals surface area contributed by atoms with Gasteiger partial charge in [-0.3, -0.25) is 4.79 Å². The maximum Gasteiger partial charge on any atom is 0.220 e. The molecule has 4 nitrogen and oxygen atoms in total. The van der Waals surface area contributed by atoms with Gasteiger partial charge in [0.25, 0.3) is 0 Å². The third-order valence-corrected chi connectivity index (χ3v) is 5.96. The summed E-state index contributed by atoms with van der Waals surface area (Å²) in [6.45, 7) is 8.23. The maximum atomic E-state index is 12.1. The molecule has 0 spiro atoms. The molecule has 1 saturated carbocycles. The first kappa shape index (κ1) is 19.0. The zero-order valence-corrected chi connectivity index (χ0v) is 15.4. The number of piperidine rings is 1. The first-order valence-electron chi connectivity index (χ1n) is 9.35. The molecular weight excluding hydrogens is 310 g/mol. The minimum Gasteiger partial charge on any atom is -0.353 e. The normalized spacial score (nSPS) is 30.3. The zero-order chi connectivity index (χ0) is 15.4. The van der Waals surface area contributed by atoms with Gasteiger partial charge in [-0.25, -0.2) is 0 Å². The standard InChI is InChI=1S/C18H33N3O.ClH/c1-18(8-9-19-13-18)14-21-10-6-16(7-11-21)20-17(22)12-15-4-2-3-5-15;/h15-16,19H,2-14H2,1H3,(H,20,22);1H. The van der Waals surface area contributed by atoms with Crippen LogP contribution in [0.15, 0.2) is 0 Å². The van der Waals surface area contributed by atoms with Crippen molar-refractivity contribution >= 4 is 18.3 Å². The summed E-state index contributed by atoms with van der Waals surface area (Å²) in [5.74, 6) is 0.965. The number of carbonyl (C=O) groups is 1. The molecule has 1 atom stereocenters. The second kappa shape index (κ2) is 8.68. The second-order valence-electron chi connectivity index (χ2n) is 8.21. The van der Waals surface area contributed by atoms with Gasteiger partial charge in [-0.1, -0.05) is 19.8 Å². The van der Waals surface area contributed by atoms with E-state index in [-0.39, 0.29) is 12.4 Å². The Bertz CT molecular complexity index is 370. The molecule has 2 aliphatic heterocycles. The SMILES string of the molecule is CC1(CN2CCC(NC(=O)CC3CCCC3)CC2)CCNC1.Cl. The Morgan fingerprint density at radius 1 is 1.22 bits per heavy atom. The molecule has 134 valence electrons. The number of nitrogens with one attached hydrogen (secondary N) is 2. The van der Waals surface area contributed by atoms with Crippen LogP contribution >= 0.6 is 12.4 Å². The maximum absolute atomic E-state index is 12.1. The molecule has 1 unspecified atom stereocenters. The molecule has 0 aromatic rings. The summed E-state index contributed by atoms with van der Waals surface area (Å²) in [6, 6.07) is 0.416. The van der Waals surface area contributed by atoms with E-state index in [1.165, 1.54) is 45.2 Å². The Labute approximate surface area is 147 Å². The van der Waals surface area contributed by atoms with E-state index in [0.29, 0.717) is 23.3 Å². The van der Waals surface area contributed by atoms with Crippen LogP contribution in [0.3, 0.4) is 0 Å². The fraction of sp³-hybridized carbons (Fsp3) is 0.944. The van der Waals surface area contributed by atoms with Gasteiger partial charge >= 0.3 is 0 Å². The van der Waals surface area contributed by atoms with E-state index in [4.69, 9.17) is 0 Å². The lowest BCUT2D eigenvalue weighted by Crippen LogP contribution is -2.47. The van der Waals surface area contributed by atoms with Gasteiger partial charge in [-0.15, -0.1) is 12.4 Å². The molecule has 0 aromatic heterocycles. The van der Waals surface area contributed by atoms with Crippen LogP contribution in [0.1, 0.15) is 58.3 Å². The van der Waals surface area contributed by atoms with E-state index >= 15 is 0 Å². The Kier molecular flexibility index (Phi) is 7.18. The van der Waals surface area contributed by atoms with Gasteiger partial charge in [0.1, 0.15) is 0 Å². The minimum absolute atomic E-state index is 0. The van der Waals surface area contributed by atoms with Crippen molar-refractivity contribution in [2.24, 2.45) is 11.3 Å². The molecule has 5 heteroatoms. The fourth-order valence-electron chi connectivity index (χ4n) is 4.54. The Hall–Kier alpha value is -0.320. The molecular formula is C18H34ClN3O. The predicted octanol–water partition coefficient (Wildman–Crippen LogP) is 2.57. The molecule has 1 amide bonds. The van der Waals surface area contributed by atoms with Crippen LogP contribution in [0, 0.1) is 11.3 Å². The molecule has 3 rings (SSSR count). The number of carbonyl (C=O) groups excluding carboxylic acids is 1. The van der Waals surface area contributed by atoms with Crippen molar-refractivity contribution in [3.05, 3.63) is 0 Å². The van der Waals surface area contributed by atoms with Crippen molar-refractivity contribution in [1.82, 2.24) is 15.5 Å². The lowest BCUT2D eigenvalue weighted by atomic mass is 9.88. The van der Waals surface area contributed by atoms with Gasteiger partial charge in [-0.05, 0) is 50.0 Å². The van der Waals surface area contributed by atoms with Gasteiger partial charge in [-0.2, -0.15) is 0 Å². The molecule has 3 fully saturated rings. The number of hydrogen-bond donors (Lipinski definition) is 2. The molecule has 1 aliphatic carbocycles. The van der Waals surface area contributed by atoms with Crippen molar-refractivity contribution in [2.75, 3.05) is 32.7 Å². The molecule has 0 aromatic carbocycles. The number of likely N-dealkylation sites (tertiary alicyclic amines) is 1. The van der Waals surface area contributed by atoms with Gasteiger partial charge < -0.3 is 15.5 Å². The van der Waals surface area contributed by atoms with Gasteiger partial charge in [0.05, 0.1) is 0 Å². The minimum atomic E-state index is 0. The lowest BCUT2D eigenvalue weighted by molar-refractivity contribution is -0.123. The number of nitrogens with zero attached hydrogens (tertiary/aromatic N) is 1. The van der Waals surface area contributed by atoms with E-state index < -0.39 is 0 Å². The van der Waals surface area contributed by atoms with E-state index in [9.17, 15) is 4.79 Å². The average molecular weight is 344 g/mol. The van der Waals surface area contributed by atoms with E-state index in [0.717, 1.165) is 38.9 Å². The molecule has 0 bridgehead atoms. The topological polar surface area (TPSA) is 44.4 Å². The highest BCUT2D eigenvalue weighted by Crippen LogP contribution is 2.28. The second-order valence-corrected chi connectivity index (χ2v) is 8.21. The number of rotatable bonds is 5. The van der Waals surface area contributed by atoms with Crippen molar-refractivity contribution in [3.63, 3.8) is 0 Å². The largest absolute Gasteiger partial charge is 0.353 e. The van der Waals surface area contributed by atoms with Crippen molar-refractivity contribution in [2.45, 2.75) is 64.3 Å². The van der Waals surface area contributed by atoms with Gasteiger partial charge in [0.2, 0.25) is 5.91 Å². The molecule has 23 heavy (non-hydrogen) atoms. The third-order valence-electron chi connectivity index (χ3n) is 5.96. The molecule has 0 radical (unpaired) electrons. The number of hydrogen-bond acceptors (Lipinski definition) is 3. The highest BCUT2D eigenvalue weighted by atomic mass is 35.5. The summed E-state index contributed by atoms with van der Waals surface area (Å²) in [4.78, 5) is 14.7. The molecule has 2 heterocycles. The smallest absolute Gasteiger partial charge is 0.220 e. The fourth-order valence-corrected chi connectivity index (χ4v) is 4.54. The van der Waals surface area contributed by atoms with Crippen LogP contribution in [0.2, 0.25) is 0 Å². The van der Waals surface area contributed by atoms with Gasteiger partial charge in [0.15, 0.2) is 0 Å². The van der Waals surface area contributed by atoms with Crippen LogP contribution < -0.4 is 10.6 Å². The first-order chi connectivity index (χ1) is 10.6. The summed E-state index contributed by atoms with van der Waals surface area (Å²) < 4.78 is 0. The zero-order valence-electron chi connectivity index (χ0n) is 14.6. The highest BCUT2D eigenvalue weighted by molar-refractivity contribution is 5.85. The third kappa shape index (κ3) is 5.61. The van der Waals surface area contributed by atoms with E-state index in [1.54, 1.807) is 0 Å². The molecule has 3 aliphatic rings. The van der Waals surface area contributed by atoms with Crippen LogP contribution in [-0.2, 0) is 4.79 Å². The van der Waals surface area contributed by atoms with Crippen molar-refractivity contribution in [3.8, 4) is 0 Å². The van der Waals surface area contributed by atoms with E-state index in [2.05, 4.69) is 22.5 Å². The predicted molar refractivity (Wildman–Crippen MR) is 97.0 cm³/mol. The van der Waals surface area contributed by atoms with Crippen LogP contribution in [0.25, 0.3) is 0 Å². The summed E-state index contributed by atoms with van der Waals surface area (Å²) in [5, 5.41) is 6.78. The summed E-state index contributed by atoms with van der Waals surface area (Å²) >= 11 is 0. The Balaban J connectivity index is 0.00000192. The molecule has 2 N–H and O–H groups in total. The quantitative estimate of drug-likeness (QED) is 0.806. The first-order valence-corrected chi connectivity index (χ1v) is 9.35. The monoisotopic (exact) mass is 343 g/mol. The Morgan fingerprint density at radius 2 is 1.91 bits per heavy atom. The van der Waals surface area contributed by atoms with Crippen LogP contribution in [-0.4, -0.2) is 49.6 Å². The number of amides is 1. The Morgan fingerprint density at radius 3 is 2.52 bits per heavy atom. The van der Waals surface area contributed by atoms with Crippen molar-refractivity contribution in [1.29, 1.82) is 0 Å². The van der Waals surface area contributed by atoms with Crippen molar-refractivity contribution < 1.29 is 4.79 Å². The summed E-state index contributed by atoms with van der Waals surface area (Å²) in [5.41, 5.74) is 0.457. The average Bonchev–Trinajstić information content (AvgIpc) is 3.13. The molecule has 2 saturated heterocycles. The highest BCUT2D eigenvalue weighted by Gasteiger charge is 2.32. The van der Waals surface area contributed by atoms with E-state index in [1.807, 2.05) is 0 Å². The lowest BCUT2D eigenvalue weighted by Gasteiger charge is -2.37. The van der Waals surface area contributed by atoms with Gasteiger partial charge in [0, 0.05) is 38.6 Å². The van der Waals surface area contributed by atoms with Crippen LogP contribution in [0.5, 0.6) is 0 Å². The number of halogens is 1. The summed E-state index contributed by atoms with van der Waals surface area (Å²) in [6.07, 6.45) is 9.49.